The summed E-state index contributed by atoms with van der Waals surface area (Å²) in [4.78, 5) is 0.202. The highest BCUT2D eigenvalue weighted by Crippen LogP contribution is 2.31. The predicted octanol–water partition coefficient (Wildman–Crippen LogP) is 1.32. The quantitative estimate of drug-likeness (QED) is 0.744. The summed E-state index contributed by atoms with van der Waals surface area (Å²) in [6, 6.07) is 4.69. The highest BCUT2D eigenvalue weighted by Gasteiger charge is 2.22. The molecule has 7 heteroatoms. The molecular formula is C14H24N2O4S. The molecule has 0 saturated carbocycles. The van der Waals surface area contributed by atoms with Crippen LogP contribution in [0.2, 0.25) is 0 Å². The summed E-state index contributed by atoms with van der Waals surface area (Å²) in [5.74, 6) is 0.999. The van der Waals surface area contributed by atoms with Gasteiger partial charge in [-0.15, -0.1) is 0 Å². The molecule has 0 heterocycles. The van der Waals surface area contributed by atoms with Gasteiger partial charge in [0.25, 0.3) is 0 Å². The van der Waals surface area contributed by atoms with Crippen molar-refractivity contribution in [2.24, 2.45) is 0 Å². The molecule has 1 aromatic carbocycles. The maximum atomic E-state index is 12.5. The zero-order valence-electron chi connectivity index (χ0n) is 13.0. The minimum Gasteiger partial charge on any atom is -0.490 e. The molecule has 0 fully saturated rings. The molecule has 0 aromatic heterocycles. The molecule has 6 nitrogen and oxygen atoms in total. The molecule has 21 heavy (non-hydrogen) atoms. The van der Waals surface area contributed by atoms with Crippen LogP contribution < -0.4 is 14.8 Å². The first kappa shape index (κ1) is 17.7. The van der Waals surface area contributed by atoms with E-state index in [0.717, 1.165) is 0 Å². The third kappa shape index (κ3) is 4.59. The van der Waals surface area contributed by atoms with Crippen molar-refractivity contribution < 1.29 is 17.9 Å². The van der Waals surface area contributed by atoms with Crippen molar-refractivity contribution in [3.8, 4) is 11.5 Å². The Hall–Kier alpha value is -1.31. The number of likely N-dealkylation sites (N-methyl/N-ethyl adjacent to an activating group) is 2. The topological polar surface area (TPSA) is 67.9 Å². The van der Waals surface area contributed by atoms with Gasteiger partial charge in [-0.1, -0.05) is 0 Å². The molecule has 0 radical (unpaired) electrons. The van der Waals surface area contributed by atoms with E-state index in [1.807, 2.05) is 13.8 Å². The molecule has 0 bridgehead atoms. The van der Waals surface area contributed by atoms with Gasteiger partial charge in [-0.3, -0.25) is 0 Å². The maximum Gasteiger partial charge on any atom is 0.242 e. The molecule has 0 aliphatic carbocycles. The van der Waals surface area contributed by atoms with Gasteiger partial charge < -0.3 is 14.8 Å². The molecule has 120 valence electrons. The molecule has 1 aromatic rings. The molecular weight excluding hydrogens is 292 g/mol. The average molecular weight is 316 g/mol. The van der Waals surface area contributed by atoms with Crippen molar-refractivity contribution in [1.29, 1.82) is 0 Å². The smallest absolute Gasteiger partial charge is 0.242 e. The van der Waals surface area contributed by atoms with Crippen molar-refractivity contribution in [2.75, 3.05) is 40.4 Å². The van der Waals surface area contributed by atoms with Crippen molar-refractivity contribution in [2.45, 2.75) is 18.7 Å². The Morgan fingerprint density at radius 1 is 1.14 bits per heavy atom. The van der Waals surface area contributed by atoms with E-state index in [1.54, 1.807) is 26.2 Å². The minimum atomic E-state index is -3.53. The van der Waals surface area contributed by atoms with Gasteiger partial charge in [-0.05, 0) is 33.0 Å². The number of nitrogens with one attached hydrogen (secondary N) is 1. The SMILES string of the molecule is CCOc1ccc(S(=O)(=O)N(C)CCNC)cc1OCC. The number of sulfonamides is 1. The molecule has 0 unspecified atom stereocenters. The number of hydrogen-bond donors (Lipinski definition) is 1. The van der Waals surface area contributed by atoms with Gasteiger partial charge in [0.2, 0.25) is 10.0 Å². The van der Waals surface area contributed by atoms with Crippen LogP contribution in [0.4, 0.5) is 0 Å². The first-order valence-electron chi connectivity index (χ1n) is 6.97. The summed E-state index contributed by atoms with van der Waals surface area (Å²) in [6.07, 6.45) is 0. The van der Waals surface area contributed by atoms with E-state index in [1.165, 1.54) is 10.4 Å². The van der Waals surface area contributed by atoms with Crippen molar-refractivity contribution in [3.63, 3.8) is 0 Å². The Kier molecular flexibility index (Phi) is 6.94. The number of nitrogens with zero attached hydrogens (tertiary/aromatic N) is 1. The van der Waals surface area contributed by atoms with Crippen molar-refractivity contribution >= 4 is 10.0 Å². The molecule has 0 atom stereocenters. The molecule has 1 N–H and O–H groups in total. The molecule has 0 aliphatic rings. The minimum absolute atomic E-state index is 0.202. The predicted molar refractivity (Wildman–Crippen MR) is 82.5 cm³/mol. The Morgan fingerprint density at radius 3 is 2.33 bits per heavy atom. The van der Waals surface area contributed by atoms with E-state index in [9.17, 15) is 8.42 Å². The van der Waals surface area contributed by atoms with Crippen LogP contribution in [-0.4, -0.2) is 53.1 Å². The van der Waals surface area contributed by atoms with Crippen LogP contribution in [-0.2, 0) is 10.0 Å². The Morgan fingerprint density at radius 2 is 1.76 bits per heavy atom. The first-order chi connectivity index (χ1) is 9.97. The fourth-order valence-corrected chi connectivity index (χ4v) is 2.95. The van der Waals surface area contributed by atoms with Gasteiger partial charge >= 0.3 is 0 Å². The monoisotopic (exact) mass is 316 g/mol. The summed E-state index contributed by atoms with van der Waals surface area (Å²) in [6.45, 7) is 5.64. The van der Waals surface area contributed by atoms with E-state index in [2.05, 4.69) is 5.32 Å². The Balaban J connectivity index is 3.09. The van der Waals surface area contributed by atoms with Gasteiger partial charge in [0, 0.05) is 26.2 Å². The van der Waals surface area contributed by atoms with Crippen LogP contribution >= 0.6 is 0 Å². The zero-order valence-corrected chi connectivity index (χ0v) is 13.9. The fourth-order valence-electron chi connectivity index (χ4n) is 1.76. The third-order valence-electron chi connectivity index (χ3n) is 2.90. The van der Waals surface area contributed by atoms with Gasteiger partial charge in [0.05, 0.1) is 18.1 Å². The van der Waals surface area contributed by atoms with E-state index in [4.69, 9.17) is 9.47 Å². The molecule has 0 aliphatic heterocycles. The zero-order chi connectivity index (χ0) is 15.9. The molecule has 0 spiro atoms. The Bertz CT molecular complexity index is 546. The van der Waals surface area contributed by atoms with E-state index >= 15 is 0 Å². The maximum absolute atomic E-state index is 12.5. The number of rotatable bonds is 9. The molecule has 0 amide bonds. The van der Waals surface area contributed by atoms with Crippen LogP contribution in [0.15, 0.2) is 23.1 Å². The largest absolute Gasteiger partial charge is 0.490 e. The van der Waals surface area contributed by atoms with Gasteiger partial charge in [0.1, 0.15) is 0 Å². The van der Waals surface area contributed by atoms with Crippen LogP contribution in [0.25, 0.3) is 0 Å². The molecule has 1 rings (SSSR count). The lowest BCUT2D eigenvalue weighted by molar-refractivity contribution is 0.287. The lowest BCUT2D eigenvalue weighted by Crippen LogP contribution is -2.32. The lowest BCUT2D eigenvalue weighted by Gasteiger charge is -2.18. The standard InChI is InChI=1S/C14H24N2O4S/c1-5-19-13-8-7-12(11-14(13)20-6-2)21(17,18)16(4)10-9-15-3/h7-8,11,15H,5-6,9-10H2,1-4H3. The second kappa shape index (κ2) is 8.21. The Labute approximate surface area is 127 Å². The summed E-state index contributed by atoms with van der Waals surface area (Å²) >= 11 is 0. The normalized spacial score (nSPS) is 11.7. The summed E-state index contributed by atoms with van der Waals surface area (Å²) in [5, 5.41) is 2.93. The number of ether oxygens (including phenoxy) is 2. The van der Waals surface area contributed by atoms with Gasteiger partial charge in [0.15, 0.2) is 11.5 Å². The third-order valence-corrected chi connectivity index (χ3v) is 4.75. The second-order valence-electron chi connectivity index (χ2n) is 4.40. The van der Waals surface area contributed by atoms with Gasteiger partial charge in [-0.25, -0.2) is 8.42 Å². The summed E-state index contributed by atoms with van der Waals surface area (Å²) in [5.41, 5.74) is 0. The first-order valence-corrected chi connectivity index (χ1v) is 8.41. The van der Waals surface area contributed by atoms with E-state index in [0.29, 0.717) is 37.8 Å². The average Bonchev–Trinajstić information content (AvgIpc) is 2.46. The highest BCUT2D eigenvalue weighted by molar-refractivity contribution is 7.89. The fraction of sp³-hybridized carbons (Fsp3) is 0.571. The van der Waals surface area contributed by atoms with E-state index < -0.39 is 10.0 Å². The summed E-state index contributed by atoms with van der Waals surface area (Å²) in [7, 11) is -0.185. The van der Waals surface area contributed by atoms with Crippen LogP contribution in [0, 0.1) is 0 Å². The molecule has 0 saturated heterocycles. The van der Waals surface area contributed by atoms with Crippen LogP contribution in [0.3, 0.4) is 0 Å². The number of hydrogen-bond acceptors (Lipinski definition) is 5. The summed E-state index contributed by atoms with van der Waals surface area (Å²) < 4.78 is 37.2. The van der Waals surface area contributed by atoms with Crippen LogP contribution in [0.1, 0.15) is 13.8 Å². The van der Waals surface area contributed by atoms with Crippen molar-refractivity contribution in [3.05, 3.63) is 18.2 Å². The number of benzene rings is 1. The van der Waals surface area contributed by atoms with E-state index in [-0.39, 0.29) is 4.90 Å². The van der Waals surface area contributed by atoms with Crippen LogP contribution in [0.5, 0.6) is 11.5 Å². The van der Waals surface area contributed by atoms with Gasteiger partial charge in [-0.2, -0.15) is 4.31 Å². The second-order valence-corrected chi connectivity index (χ2v) is 6.45. The van der Waals surface area contributed by atoms with Crippen molar-refractivity contribution in [1.82, 2.24) is 9.62 Å². The lowest BCUT2D eigenvalue weighted by atomic mass is 10.3. The highest BCUT2D eigenvalue weighted by atomic mass is 32.2.